The molecule has 3 N–H and O–H groups in total. The summed E-state index contributed by atoms with van der Waals surface area (Å²) in [6.45, 7) is 4.35. The number of amides is 2. The number of carbonyl (C=O) groups is 2. The fourth-order valence-corrected chi connectivity index (χ4v) is 3.27. The molecule has 6 heteroatoms. The first-order valence-electron chi connectivity index (χ1n) is 6.85. The number of hydrogen-bond acceptors (Lipinski definition) is 2. The Morgan fingerprint density at radius 2 is 2.14 bits per heavy atom. The Morgan fingerprint density at radius 3 is 2.81 bits per heavy atom. The predicted molar refractivity (Wildman–Crippen MR) is 83.2 cm³/mol. The summed E-state index contributed by atoms with van der Waals surface area (Å²) < 4.78 is 1.06. The molecule has 0 saturated heterocycles. The molecule has 2 rings (SSSR count). The monoisotopic (exact) mass is 354 g/mol. The van der Waals surface area contributed by atoms with Gasteiger partial charge in [0.1, 0.15) is 0 Å². The van der Waals surface area contributed by atoms with Crippen molar-refractivity contribution in [2.24, 2.45) is 5.41 Å². The van der Waals surface area contributed by atoms with Crippen LogP contribution in [-0.2, 0) is 11.2 Å². The highest BCUT2D eigenvalue weighted by Crippen LogP contribution is 2.47. The predicted octanol–water partition coefficient (Wildman–Crippen LogP) is 2.85. The van der Waals surface area contributed by atoms with Gasteiger partial charge in [0.25, 0.3) is 0 Å². The largest absolute Gasteiger partial charge is 0.481 e. The third-order valence-electron chi connectivity index (χ3n) is 3.78. The summed E-state index contributed by atoms with van der Waals surface area (Å²) in [7, 11) is 0. The second kappa shape index (κ2) is 6.05. The summed E-state index contributed by atoms with van der Waals surface area (Å²) in [6, 6.07) is 5.57. The lowest BCUT2D eigenvalue weighted by Crippen LogP contribution is -2.42. The minimum atomic E-state index is -0.925. The third kappa shape index (κ3) is 3.56. The minimum absolute atomic E-state index is 0.0797. The molecule has 5 nitrogen and oxygen atoms in total. The van der Waals surface area contributed by atoms with Crippen LogP contribution in [0.3, 0.4) is 0 Å². The molecule has 0 aromatic heterocycles. The molecular formula is C15H19BrN2O3. The van der Waals surface area contributed by atoms with Gasteiger partial charge in [0.05, 0.1) is 12.5 Å². The van der Waals surface area contributed by atoms with Gasteiger partial charge in [0.15, 0.2) is 0 Å². The van der Waals surface area contributed by atoms with Crippen LogP contribution in [0.2, 0.25) is 0 Å². The molecule has 1 aromatic carbocycles. The Balaban J connectivity index is 2.07. The van der Waals surface area contributed by atoms with Gasteiger partial charge in [-0.1, -0.05) is 41.9 Å². The van der Waals surface area contributed by atoms with Gasteiger partial charge in [0, 0.05) is 11.0 Å². The second-order valence-electron chi connectivity index (χ2n) is 5.95. The maximum atomic E-state index is 11.9. The molecule has 0 heterocycles. The van der Waals surface area contributed by atoms with Crippen LogP contribution >= 0.6 is 15.9 Å². The SMILES string of the molecule is CC1(C)Cc2c(Br)cccc2C1NC(=O)NCCC(=O)O. The van der Waals surface area contributed by atoms with Gasteiger partial charge in [0.2, 0.25) is 0 Å². The minimum Gasteiger partial charge on any atom is -0.481 e. The average molecular weight is 355 g/mol. The van der Waals surface area contributed by atoms with Crippen LogP contribution in [0.1, 0.15) is 37.4 Å². The number of hydrogen-bond donors (Lipinski definition) is 3. The third-order valence-corrected chi connectivity index (χ3v) is 4.52. The lowest BCUT2D eigenvalue weighted by Gasteiger charge is -2.28. The van der Waals surface area contributed by atoms with Crippen molar-refractivity contribution in [3.8, 4) is 0 Å². The van der Waals surface area contributed by atoms with E-state index in [1.165, 1.54) is 5.56 Å². The van der Waals surface area contributed by atoms with Gasteiger partial charge in [-0.25, -0.2) is 4.79 Å². The highest BCUT2D eigenvalue weighted by atomic mass is 79.9. The van der Waals surface area contributed by atoms with Crippen molar-refractivity contribution in [3.63, 3.8) is 0 Å². The van der Waals surface area contributed by atoms with Crippen LogP contribution in [0, 0.1) is 5.41 Å². The average Bonchev–Trinajstić information content (AvgIpc) is 2.62. The smallest absolute Gasteiger partial charge is 0.315 e. The number of fused-ring (bicyclic) bond motifs is 1. The second-order valence-corrected chi connectivity index (χ2v) is 6.80. The number of rotatable bonds is 4. The first-order valence-corrected chi connectivity index (χ1v) is 7.64. The van der Waals surface area contributed by atoms with E-state index < -0.39 is 5.97 Å². The van der Waals surface area contributed by atoms with Gasteiger partial charge in [-0.05, 0) is 29.0 Å². The quantitative estimate of drug-likeness (QED) is 0.777. The molecule has 0 spiro atoms. The Labute approximate surface area is 132 Å². The summed E-state index contributed by atoms with van der Waals surface area (Å²) >= 11 is 3.56. The van der Waals surface area contributed by atoms with Gasteiger partial charge in [-0.2, -0.15) is 0 Å². The van der Waals surface area contributed by atoms with Gasteiger partial charge < -0.3 is 15.7 Å². The van der Waals surface area contributed by atoms with E-state index in [1.54, 1.807) is 0 Å². The Morgan fingerprint density at radius 1 is 1.43 bits per heavy atom. The fourth-order valence-electron chi connectivity index (χ4n) is 2.75. The van der Waals surface area contributed by atoms with E-state index in [9.17, 15) is 9.59 Å². The lowest BCUT2D eigenvalue weighted by molar-refractivity contribution is -0.136. The number of nitrogens with one attached hydrogen (secondary N) is 2. The molecular weight excluding hydrogens is 336 g/mol. The number of carboxylic acids is 1. The van der Waals surface area contributed by atoms with Crippen molar-refractivity contribution in [1.29, 1.82) is 0 Å². The van der Waals surface area contributed by atoms with E-state index >= 15 is 0 Å². The van der Waals surface area contributed by atoms with Crippen molar-refractivity contribution in [1.82, 2.24) is 10.6 Å². The van der Waals surface area contributed by atoms with Crippen molar-refractivity contribution >= 4 is 27.9 Å². The molecule has 1 atom stereocenters. The summed E-state index contributed by atoms with van der Waals surface area (Å²) in [5.41, 5.74) is 2.25. The summed E-state index contributed by atoms with van der Waals surface area (Å²) in [5.74, 6) is -0.925. The fraction of sp³-hybridized carbons (Fsp3) is 0.467. The molecule has 0 fully saturated rings. The zero-order valence-corrected chi connectivity index (χ0v) is 13.7. The van der Waals surface area contributed by atoms with Crippen molar-refractivity contribution in [2.75, 3.05) is 6.54 Å². The van der Waals surface area contributed by atoms with Crippen LogP contribution in [0.15, 0.2) is 22.7 Å². The number of urea groups is 1. The molecule has 0 bridgehead atoms. The Hall–Kier alpha value is -1.56. The van der Waals surface area contributed by atoms with Gasteiger partial charge >= 0.3 is 12.0 Å². The molecule has 0 aliphatic heterocycles. The van der Waals surface area contributed by atoms with E-state index in [2.05, 4.69) is 40.4 Å². The van der Waals surface area contributed by atoms with E-state index in [-0.39, 0.29) is 30.5 Å². The zero-order chi connectivity index (χ0) is 15.6. The molecule has 1 aliphatic carbocycles. The van der Waals surface area contributed by atoms with E-state index in [1.807, 2.05) is 18.2 Å². The molecule has 1 aromatic rings. The first kappa shape index (κ1) is 15.8. The molecule has 1 aliphatic rings. The van der Waals surface area contributed by atoms with E-state index in [0.29, 0.717) is 0 Å². The first-order chi connectivity index (χ1) is 9.81. The van der Waals surface area contributed by atoms with Gasteiger partial charge in [-0.3, -0.25) is 4.79 Å². The zero-order valence-electron chi connectivity index (χ0n) is 12.1. The summed E-state index contributed by atoms with van der Waals surface area (Å²) in [5, 5.41) is 14.1. The molecule has 0 saturated carbocycles. The topological polar surface area (TPSA) is 78.4 Å². The van der Waals surface area contributed by atoms with Crippen LogP contribution in [0.4, 0.5) is 4.79 Å². The highest BCUT2D eigenvalue weighted by Gasteiger charge is 2.40. The number of aliphatic carboxylic acids is 1. The summed E-state index contributed by atoms with van der Waals surface area (Å²) in [6.07, 6.45) is 0.799. The van der Waals surface area contributed by atoms with Crippen molar-refractivity contribution in [2.45, 2.75) is 32.7 Å². The highest BCUT2D eigenvalue weighted by molar-refractivity contribution is 9.10. The van der Waals surface area contributed by atoms with Crippen molar-refractivity contribution in [3.05, 3.63) is 33.8 Å². The van der Waals surface area contributed by atoms with Crippen LogP contribution in [0.25, 0.3) is 0 Å². The van der Waals surface area contributed by atoms with Crippen LogP contribution < -0.4 is 10.6 Å². The Bertz CT molecular complexity index is 572. The molecule has 0 radical (unpaired) electrons. The molecule has 21 heavy (non-hydrogen) atoms. The van der Waals surface area contributed by atoms with Crippen LogP contribution in [-0.4, -0.2) is 23.7 Å². The maximum Gasteiger partial charge on any atom is 0.315 e. The summed E-state index contributed by atoms with van der Waals surface area (Å²) in [4.78, 5) is 22.4. The molecule has 2 amide bonds. The number of carbonyl (C=O) groups excluding carboxylic acids is 1. The van der Waals surface area contributed by atoms with E-state index in [0.717, 1.165) is 16.5 Å². The number of halogens is 1. The lowest BCUT2D eigenvalue weighted by atomic mass is 9.85. The van der Waals surface area contributed by atoms with E-state index in [4.69, 9.17) is 5.11 Å². The van der Waals surface area contributed by atoms with Crippen molar-refractivity contribution < 1.29 is 14.7 Å². The normalized spacial score (nSPS) is 18.9. The number of carboxylic acid groups (broad SMARTS) is 1. The van der Waals surface area contributed by atoms with Crippen LogP contribution in [0.5, 0.6) is 0 Å². The maximum absolute atomic E-state index is 11.9. The molecule has 1 unspecified atom stereocenters. The molecule has 114 valence electrons. The Kier molecular flexibility index (Phi) is 4.56. The standard InChI is InChI=1S/C15H19BrN2O3/c1-15(2)8-10-9(4-3-5-11(10)16)13(15)18-14(21)17-7-6-12(19)20/h3-5,13H,6-8H2,1-2H3,(H,19,20)(H2,17,18,21). The number of benzene rings is 1. The van der Waals surface area contributed by atoms with Gasteiger partial charge in [-0.15, -0.1) is 0 Å².